The van der Waals surface area contributed by atoms with Gasteiger partial charge in [-0.25, -0.2) is 0 Å². The second-order valence-corrected chi connectivity index (χ2v) is 5.16. The molecule has 0 spiro atoms. The van der Waals surface area contributed by atoms with Crippen LogP contribution >= 0.6 is 0 Å². The van der Waals surface area contributed by atoms with Crippen LogP contribution in [0.25, 0.3) is 0 Å². The number of hydrogen-bond acceptors (Lipinski definition) is 3. The summed E-state index contributed by atoms with van der Waals surface area (Å²) in [6.45, 7) is 6.25. The van der Waals surface area contributed by atoms with Crippen LogP contribution in [0.4, 0.5) is 0 Å². The molecule has 1 aromatic heterocycles. The van der Waals surface area contributed by atoms with Crippen LogP contribution in [0, 0.1) is 0 Å². The molecule has 1 unspecified atom stereocenters. The molecule has 20 heavy (non-hydrogen) atoms. The Morgan fingerprint density at radius 1 is 1.20 bits per heavy atom. The molecule has 1 heterocycles. The molecule has 1 N–H and O–H groups in total. The monoisotopic (exact) mass is 272 g/mol. The molecule has 0 radical (unpaired) electrons. The molecule has 0 aliphatic carbocycles. The highest BCUT2D eigenvalue weighted by molar-refractivity contribution is 5.14. The maximum Gasteiger partial charge on any atom is 0.134 e. The fraction of sp³-hybridized carbons (Fsp3) is 0.500. The van der Waals surface area contributed by atoms with E-state index in [0.717, 1.165) is 38.2 Å². The molecular weight excluding hydrogens is 248 g/mol. The van der Waals surface area contributed by atoms with Crippen LogP contribution in [0.2, 0.25) is 0 Å². The first-order valence-corrected chi connectivity index (χ1v) is 7.43. The summed E-state index contributed by atoms with van der Waals surface area (Å²) in [5.41, 5.74) is 1.41. The Bertz CT molecular complexity index is 492. The molecule has 2 rings (SSSR count). The zero-order chi connectivity index (χ0) is 14.2. The van der Waals surface area contributed by atoms with Gasteiger partial charge in [-0.15, -0.1) is 10.2 Å². The van der Waals surface area contributed by atoms with Gasteiger partial charge >= 0.3 is 0 Å². The van der Waals surface area contributed by atoms with Crippen molar-refractivity contribution in [3.8, 4) is 0 Å². The zero-order valence-corrected chi connectivity index (χ0v) is 12.4. The fourth-order valence-electron chi connectivity index (χ4n) is 2.30. The van der Waals surface area contributed by atoms with Gasteiger partial charge in [0.25, 0.3) is 0 Å². The van der Waals surface area contributed by atoms with Crippen molar-refractivity contribution in [3.05, 3.63) is 48.0 Å². The van der Waals surface area contributed by atoms with Gasteiger partial charge in [-0.2, -0.15) is 0 Å². The van der Waals surface area contributed by atoms with E-state index in [1.54, 1.807) is 6.33 Å². The van der Waals surface area contributed by atoms with Gasteiger partial charge < -0.3 is 9.88 Å². The topological polar surface area (TPSA) is 42.7 Å². The molecular formula is C16H24N4. The summed E-state index contributed by atoms with van der Waals surface area (Å²) in [5, 5.41) is 11.7. The van der Waals surface area contributed by atoms with Crippen LogP contribution in [0.15, 0.2) is 36.7 Å². The van der Waals surface area contributed by atoms with Crippen LogP contribution in [-0.2, 0) is 19.4 Å². The van der Waals surface area contributed by atoms with Gasteiger partial charge in [-0.05, 0) is 32.3 Å². The first-order chi connectivity index (χ1) is 9.79. The van der Waals surface area contributed by atoms with Gasteiger partial charge in [0.2, 0.25) is 0 Å². The van der Waals surface area contributed by atoms with Crippen LogP contribution in [0.1, 0.15) is 31.7 Å². The second-order valence-electron chi connectivity index (χ2n) is 5.16. The Morgan fingerprint density at radius 3 is 2.75 bits per heavy atom. The molecule has 108 valence electrons. The van der Waals surface area contributed by atoms with Crippen LogP contribution in [-0.4, -0.2) is 27.4 Å². The number of rotatable bonds is 8. The van der Waals surface area contributed by atoms with Gasteiger partial charge in [0.1, 0.15) is 12.2 Å². The molecule has 1 aromatic carbocycles. The second kappa shape index (κ2) is 7.80. The van der Waals surface area contributed by atoms with E-state index in [9.17, 15) is 0 Å². The van der Waals surface area contributed by atoms with Gasteiger partial charge in [0, 0.05) is 25.6 Å². The first kappa shape index (κ1) is 14.7. The van der Waals surface area contributed by atoms with Crippen molar-refractivity contribution in [1.82, 2.24) is 20.1 Å². The van der Waals surface area contributed by atoms with Crippen LogP contribution < -0.4 is 5.32 Å². The lowest BCUT2D eigenvalue weighted by Crippen LogP contribution is -2.29. The van der Waals surface area contributed by atoms with E-state index in [1.165, 1.54) is 5.56 Å². The highest BCUT2D eigenvalue weighted by Crippen LogP contribution is 2.05. The maximum atomic E-state index is 4.15. The summed E-state index contributed by atoms with van der Waals surface area (Å²) in [5.74, 6) is 1.07. The molecule has 2 aromatic rings. The Morgan fingerprint density at radius 2 is 2.00 bits per heavy atom. The summed E-state index contributed by atoms with van der Waals surface area (Å²) < 4.78 is 2.09. The van der Waals surface area contributed by atoms with Crippen LogP contribution in [0.3, 0.4) is 0 Å². The number of aryl methyl sites for hydroxylation is 2. The number of aromatic nitrogens is 3. The van der Waals surface area contributed by atoms with E-state index in [4.69, 9.17) is 0 Å². The van der Waals surface area contributed by atoms with E-state index >= 15 is 0 Å². The summed E-state index contributed by atoms with van der Waals surface area (Å²) in [6, 6.07) is 11.2. The minimum absolute atomic E-state index is 0.521. The number of nitrogens with zero attached hydrogens (tertiary/aromatic N) is 3. The molecule has 0 saturated heterocycles. The van der Waals surface area contributed by atoms with E-state index in [0.29, 0.717) is 6.04 Å². The van der Waals surface area contributed by atoms with Crippen molar-refractivity contribution < 1.29 is 0 Å². The Labute approximate surface area is 121 Å². The smallest absolute Gasteiger partial charge is 0.134 e. The average molecular weight is 272 g/mol. The SMILES string of the molecule is CCn1cnnc1CCNC(C)CCc1ccccc1. The standard InChI is InChI=1S/C16H24N4/c1-3-20-13-18-19-16(20)11-12-17-14(2)9-10-15-7-5-4-6-8-15/h4-8,13-14,17H,3,9-12H2,1-2H3. The molecule has 0 amide bonds. The van der Waals surface area contributed by atoms with Gasteiger partial charge in [0.15, 0.2) is 0 Å². The predicted molar refractivity (Wildman–Crippen MR) is 81.6 cm³/mol. The fourth-order valence-corrected chi connectivity index (χ4v) is 2.30. The minimum atomic E-state index is 0.521. The lowest BCUT2D eigenvalue weighted by Gasteiger charge is -2.13. The third-order valence-electron chi connectivity index (χ3n) is 3.59. The third-order valence-corrected chi connectivity index (χ3v) is 3.59. The molecule has 0 bridgehead atoms. The van der Waals surface area contributed by atoms with Crippen molar-refractivity contribution in [3.63, 3.8) is 0 Å². The summed E-state index contributed by atoms with van der Waals surface area (Å²) in [7, 11) is 0. The first-order valence-electron chi connectivity index (χ1n) is 7.43. The van der Waals surface area contributed by atoms with E-state index < -0.39 is 0 Å². The lowest BCUT2D eigenvalue weighted by molar-refractivity contribution is 0.509. The van der Waals surface area contributed by atoms with E-state index in [2.05, 4.69) is 64.3 Å². The van der Waals surface area contributed by atoms with Crippen molar-refractivity contribution in [2.75, 3.05) is 6.54 Å². The zero-order valence-electron chi connectivity index (χ0n) is 12.4. The maximum absolute atomic E-state index is 4.15. The number of benzene rings is 1. The quantitative estimate of drug-likeness (QED) is 0.802. The summed E-state index contributed by atoms with van der Waals surface area (Å²) in [6.07, 6.45) is 5.02. The summed E-state index contributed by atoms with van der Waals surface area (Å²) in [4.78, 5) is 0. The Kier molecular flexibility index (Phi) is 5.74. The van der Waals surface area contributed by atoms with E-state index in [-0.39, 0.29) is 0 Å². The predicted octanol–water partition coefficient (Wildman–Crippen LogP) is 2.45. The van der Waals surface area contributed by atoms with Crippen molar-refractivity contribution >= 4 is 0 Å². The normalized spacial score (nSPS) is 12.5. The van der Waals surface area contributed by atoms with Crippen molar-refractivity contribution in [2.45, 2.75) is 45.7 Å². The van der Waals surface area contributed by atoms with Crippen LogP contribution in [0.5, 0.6) is 0 Å². The third kappa shape index (κ3) is 4.46. The largest absolute Gasteiger partial charge is 0.318 e. The Balaban J connectivity index is 1.66. The lowest BCUT2D eigenvalue weighted by atomic mass is 10.1. The number of nitrogens with one attached hydrogen (secondary N) is 1. The van der Waals surface area contributed by atoms with Gasteiger partial charge in [-0.3, -0.25) is 0 Å². The van der Waals surface area contributed by atoms with Crippen molar-refractivity contribution in [1.29, 1.82) is 0 Å². The van der Waals surface area contributed by atoms with Gasteiger partial charge in [-0.1, -0.05) is 30.3 Å². The molecule has 0 aliphatic rings. The average Bonchev–Trinajstić information content (AvgIpc) is 2.94. The molecule has 1 atom stereocenters. The van der Waals surface area contributed by atoms with E-state index in [1.807, 2.05) is 0 Å². The summed E-state index contributed by atoms with van der Waals surface area (Å²) >= 11 is 0. The Hall–Kier alpha value is -1.68. The van der Waals surface area contributed by atoms with Gasteiger partial charge in [0.05, 0.1) is 0 Å². The molecule has 0 aliphatic heterocycles. The van der Waals surface area contributed by atoms with Crippen molar-refractivity contribution in [2.24, 2.45) is 0 Å². The number of hydrogen-bond donors (Lipinski definition) is 1. The molecule has 0 fully saturated rings. The highest BCUT2D eigenvalue weighted by Gasteiger charge is 2.05. The molecule has 0 saturated carbocycles. The molecule has 4 heteroatoms. The minimum Gasteiger partial charge on any atom is -0.318 e. The molecule has 4 nitrogen and oxygen atoms in total. The highest BCUT2D eigenvalue weighted by atomic mass is 15.3.